The van der Waals surface area contributed by atoms with E-state index in [4.69, 9.17) is 4.74 Å². The van der Waals surface area contributed by atoms with Crippen molar-refractivity contribution in [2.45, 2.75) is 0 Å². The second kappa shape index (κ2) is 7.65. The quantitative estimate of drug-likeness (QED) is 0.512. The number of fused-ring (bicyclic) bond motifs is 1. The Bertz CT molecular complexity index is 1070. The van der Waals surface area contributed by atoms with Gasteiger partial charge in [0.05, 0.1) is 15.8 Å². The van der Waals surface area contributed by atoms with E-state index in [2.05, 4.69) is 15.3 Å². The number of aromatic nitrogens is 2. The van der Waals surface area contributed by atoms with E-state index in [0.717, 1.165) is 15.2 Å². The molecular weight excluding hydrogens is 382 g/mol. The number of hydrogen-bond donors (Lipinski definition) is 1. The Morgan fingerprint density at radius 1 is 1.07 bits per heavy atom. The minimum atomic E-state index is -0.570. The van der Waals surface area contributed by atoms with E-state index in [9.17, 15) is 9.59 Å². The average Bonchev–Trinajstić information content (AvgIpc) is 3.35. The Morgan fingerprint density at radius 2 is 1.89 bits per heavy atom. The van der Waals surface area contributed by atoms with Crippen molar-refractivity contribution in [3.63, 3.8) is 0 Å². The lowest BCUT2D eigenvalue weighted by molar-refractivity contribution is -0.119. The molecule has 0 aliphatic heterocycles. The molecule has 0 saturated heterocycles. The smallest absolute Gasteiger partial charge is 0.339 e. The Balaban J connectivity index is 1.51. The van der Waals surface area contributed by atoms with Crippen molar-refractivity contribution in [2.75, 3.05) is 11.9 Å². The SMILES string of the molecule is O=C(COC(=O)c1ccccc1-c1nc2ccccc2s1)Nc1nccs1. The van der Waals surface area contributed by atoms with Crippen LogP contribution in [0.25, 0.3) is 20.8 Å². The number of anilines is 1. The van der Waals surface area contributed by atoms with Crippen LogP contribution in [-0.4, -0.2) is 28.5 Å². The fourth-order valence-electron chi connectivity index (χ4n) is 2.48. The van der Waals surface area contributed by atoms with Crippen LogP contribution in [0.1, 0.15) is 10.4 Å². The zero-order valence-corrected chi connectivity index (χ0v) is 15.5. The number of benzene rings is 2. The number of carbonyl (C=O) groups excluding carboxylic acids is 2. The third-order valence-corrected chi connectivity index (χ3v) is 5.44. The van der Waals surface area contributed by atoms with Crippen molar-refractivity contribution in [1.82, 2.24) is 9.97 Å². The number of esters is 1. The lowest BCUT2D eigenvalue weighted by Gasteiger charge is -2.07. The molecule has 0 aliphatic rings. The predicted octanol–water partition coefficient (Wildman–Crippen LogP) is 4.22. The maximum Gasteiger partial charge on any atom is 0.339 e. The number of para-hydroxylation sites is 1. The highest BCUT2D eigenvalue weighted by Crippen LogP contribution is 2.32. The van der Waals surface area contributed by atoms with Gasteiger partial charge in [-0.1, -0.05) is 30.3 Å². The molecule has 0 saturated carbocycles. The molecule has 0 unspecified atom stereocenters. The van der Waals surface area contributed by atoms with Gasteiger partial charge in [-0.05, 0) is 18.2 Å². The molecule has 2 aromatic carbocycles. The van der Waals surface area contributed by atoms with Crippen molar-refractivity contribution in [2.24, 2.45) is 0 Å². The molecule has 134 valence electrons. The highest BCUT2D eigenvalue weighted by atomic mass is 32.1. The van der Waals surface area contributed by atoms with Crippen molar-refractivity contribution in [3.05, 3.63) is 65.7 Å². The van der Waals surface area contributed by atoms with Crippen LogP contribution >= 0.6 is 22.7 Å². The molecule has 2 aromatic heterocycles. The van der Waals surface area contributed by atoms with Crippen molar-refractivity contribution >= 4 is 49.9 Å². The third-order valence-electron chi connectivity index (χ3n) is 3.68. The van der Waals surface area contributed by atoms with Gasteiger partial charge in [-0.15, -0.1) is 22.7 Å². The number of nitrogens with zero attached hydrogens (tertiary/aromatic N) is 2. The molecule has 0 radical (unpaired) electrons. The number of amides is 1. The molecule has 6 nitrogen and oxygen atoms in total. The molecule has 0 atom stereocenters. The van der Waals surface area contributed by atoms with Gasteiger partial charge < -0.3 is 4.74 Å². The van der Waals surface area contributed by atoms with E-state index in [0.29, 0.717) is 16.3 Å². The van der Waals surface area contributed by atoms with Crippen LogP contribution in [0.5, 0.6) is 0 Å². The molecule has 1 N–H and O–H groups in total. The largest absolute Gasteiger partial charge is 0.452 e. The van der Waals surface area contributed by atoms with E-state index in [1.165, 1.54) is 22.7 Å². The predicted molar refractivity (Wildman–Crippen MR) is 106 cm³/mol. The van der Waals surface area contributed by atoms with Crippen LogP contribution in [0.3, 0.4) is 0 Å². The summed E-state index contributed by atoms with van der Waals surface area (Å²) in [6.07, 6.45) is 1.58. The maximum absolute atomic E-state index is 12.5. The molecule has 0 aliphatic carbocycles. The summed E-state index contributed by atoms with van der Waals surface area (Å²) in [6, 6.07) is 14.9. The standard InChI is InChI=1S/C19H13N3O3S2/c23-16(22-19-20-9-10-26-19)11-25-18(24)13-6-2-1-5-12(13)17-21-14-7-3-4-8-15(14)27-17/h1-10H,11H2,(H,20,22,23). The summed E-state index contributed by atoms with van der Waals surface area (Å²) < 4.78 is 6.22. The number of nitrogens with one attached hydrogen (secondary N) is 1. The second-order valence-electron chi connectivity index (χ2n) is 5.49. The van der Waals surface area contributed by atoms with Crippen molar-refractivity contribution in [1.29, 1.82) is 0 Å². The van der Waals surface area contributed by atoms with Gasteiger partial charge in [-0.3, -0.25) is 10.1 Å². The molecule has 0 bridgehead atoms. The Morgan fingerprint density at radius 3 is 2.70 bits per heavy atom. The molecule has 4 rings (SSSR count). The first-order chi connectivity index (χ1) is 13.2. The summed E-state index contributed by atoms with van der Waals surface area (Å²) in [5.41, 5.74) is 1.94. The number of carbonyl (C=O) groups is 2. The summed E-state index contributed by atoms with van der Waals surface area (Å²) in [5.74, 6) is -1.00. The average molecular weight is 395 g/mol. The first kappa shape index (κ1) is 17.3. The van der Waals surface area contributed by atoms with Gasteiger partial charge in [0.25, 0.3) is 5.91 Å². The zero-order chi connectivity index (χ0) is 18.6. The van der Waals surface area contributed by atoms with Gasteiger partial charge in [0, 0.05) is 17.1 Å². The number of thiazole rings is 2. The maximum atomic E-state index is 12.5. The molecule has 1 amide bonds. The molecular formula is C19H13N3O3S2. The van der Waals surface area contributed by atoms with E-state index in [1.807, 2.05) is 36.4 Å². The van der Waals surface area contributed by atoms with E-state index < -0.39 is 11.9 Å². The van der Waals surface area contributed by atoms with Crippen LogP contribution in [-0.2, 0) is 9.53 Å². The van der Waals surface area contributed by atoms with Crippen LogP contribution in [0.15, 0.2) is 60.1 Å². The first-order valence-corrected chi connectivity index (χ1v) is 9.72. The topological polar surface area (TPSA) is 81.2 Å². The van der Waals surface area contributed by atoms with Crippen molar-refractivity contribution in [3.8, 4) is 10.6 Å². The Labute approximate surface area is 162 Å². The second-order valence-corrected chi connectivity index (χ2v) is 7.42. The monoisotopic (exact) mass is 395 g/mol. The molecule has 8 heteroatoms. The number of ether oxygens (including phenoxy) is 1. The van der Waals surface area contributed by atoms with Crippen LogP contribution in [0, 0.1) is 0 Å². The fourth-order valence-corrected chi connectivity index (χ4v) is 4.03. The minimum Gasteiger partial charge on any atom is -0.452 e. The minimum absolute atomic E-state index is 0.374. The number of rotatable bonds is 5. The van der Waals surface area contributed by atoms with Crippen LogP contribution < -0.4 is 5.32 Å². The highest BCUT2D eigenvalue weighted by molar-refractivity contribution is 7.21. The van der Waals surface area contributed by atoms with Gasteiger partial charge in [0.15, 0.2) is 11.7 Å². The van der Waals surface area contributed by atoms with Gasteiger partial charge in [0.2, 0.25) is 0 Å². The first-order valence-electron chi connectivity index (χ1n) is 8.02. The number of hydrogen-bond acceptors (Lipinski definition) is 7. The van der Waals surface area contributed by atoms with Gasteiger partial charge in [-0.25, -0.2) is 14.8 Å². The summed E-state index contributed by atoms with van der Waals surface area (Å²) in [4.78, 5) is 33.0. The summed E-state index contributed by atoms with van der Waals surface area (Å²) in [6.45, 7) is -0.382. The van der Waals surface area contributed by atoms with E-state index in [1.54, 1.807) is 23.7 Å². The summed E-state index contributed by atoms with van der Waals surface area (Å²) >= 11 is 2.80. The summed E-state index contributed by atoms with van der Waals surface area (Å²) in [7, 11) is 0. The molecule has 0 fully saturated rings. The molecule has 0 spiro atoms. The van der Waals surface area contributed by atoms with Crippen molar-refractivity contribution < 1.29 is 14.3 Å². The zero-order valence-electron chi connectivity index (χ0n) is 13.9. The van der Waals surface area contributed by atoms with E-state index >= 15 is 0 Å². The lowest BCUT2D eigenvalue weighted by atomic mass is 10.1. The summed E-state index contributed by atoms with van der Waals surface area (Å²) in [5, 5.41) is 5.52. The van der Waals surface area contributed by atoms with Gasteiger partial charge >= 0.3 is 5.97 Å². The van der Waals surface area contributed by atoms with Crippen LogP contribution in [0.2, 0.25) is 0 Å². The van der Waals surface area contributed by atoms with Gasteiger partial charge in [0.1, 0.15) is 5.01 Å². The normalized spacial score (nSPS) is 10.7. The van der Waals surface area contributed by atoms with Gasteiger partial charge in [-0.2, -0.15) is 0 Å². The molecule has 27 heavy (non-hydrogen) atoms. The Kier molecular flexibility index (Phi) is 4.91. The molecule has 4 aromatic rings. The highest BCUT2D eigenvalue weighted by Gasteiger charge is 2.18. The lowest BCUT2D eigenvalue weighted by Crippen LogP contribution is -2.21. The fraction of sp³-hybridized carbons (Fsp3) is 0.0526. The van der Waals surface area contributed by atoms with Crippen LogP contribution in [0.4, 0.5) is 5.13 Å². The Hall–Kier alpha value is -3.10. The van der Waals surface area contributed by atoms with E-state index in [-0.39, 0.29) is 6.61 Å². The molecule has 2 heterocycles. The third kappa shape index (κ3) is 3.86.